The molecule has 0 aliphatic rings. The van der Waals surface area contributed by atoms with Crippen molar-refractivity contribution in [2.45, 2.75) is 0 Å². The fourth-order valence-corrected chi connectivity index (χ4v) is 0. The third-order valence-corrected chi connectivity index (χ3v) is 0. The molecule has 0 atom stereocenters. The van der Waals surface area contributed by atoms with Gasteiger partial charge >= 0.3 is 10.4 Å². The van der Waals surface area contributed by atoms with Gasteiger partial charge in [0, 0.05) is 35.6 Å². The molecular weight excluding hydrogens is 363 g/mol. The molecule has 0 rings (SSSR count). The molecule has 0 saturated heterocycles. The van der Waals surface area contributed by atoms with E-state index in [1.807, 2.05) is 0 Å². The van der Waals surface area contributed by atoms with Gasteiger partial charge in [0.15, 0.2) is 0 Å². The first-order valence-electron chi connectivity index (χ1n) is 0.698. The van der Waals surface area contributed by atoms with Gasteiger partial charge in [-0.15, -0.1) is 0 Å². The van der Waals surface area contributed by atoms with Crippen molar-refractivity contribution in [3.8, 4) is 0 Å². The van der Waals surface area contributed by atoms with Crippen LogP contribution in [0.15, 0.2) is 0 Å². The maximum Gasteiger partial charge on any atom is 0.394 e. The van der Waals surface area contributed by atoms with E-state index in [0.717, 1.165) is 0 Å². The van der Waals surface area contributed by atoms with Crippen molar-refractivity contribution in [2.24, 2.45) is 0 Å². The third kappa shape index (κ3) is 3170. The van der Waals surface area contributed by atoms with E-state index in [-0.39, 0.29) is 79.4 Å². The quantitative estimate of drug-likeness (QED) is 0.386. The van der Waals surface area contributed by atoms with Gasteiger partial charge in [0.1, 0.15) is 0 Å². The summed E-state index contributed by atoms with van der Waals surface area (Å²) in [4.78, 5) is 0. The fraction of sp³-hybridized carbons (Fsp3) is 0. The average Bonchev–Trinajstić information content (AvgIpc) is 0.722. The molecule has 0 aliphatic carbocycles. The number of hydrogen-bond donors (Lipinski definition) is 2. The molecule has 0 saturated carbocycles. The topological polar surface area (TPSA) is 327 Å². The van der Waals surface area contributed by atoms with Crippen molar-refractivity contribution in [1.82, 2.24) is 0 Å². The summed E-state index contributed by atoms with van der Waals surface area (Å²) >= 11 is 0. The van der Waals surface area contributed by atoms with Gasteiger partial charge in [-0.2, -0.15) is 8.42 Å². The summed E-state index contributed by atoms with van der Waals surface area (Å²) in [6, 6.07) is 0. The van der Waals surface area contributed by atoms with Crippen LogP contribution in [0.4, 0.5) is 0 Å². The molecule has 0 spiro atoms. The van der Waals surface area contributed by atoms with Crippen molar-refractivity contribution in [2.75, 3.05) is 0 Å². The third-order valence-electron chi connectivity index (χ3n) is 0. The van der Waals surface area contributed by atoms with Crippen LogP contribution in [0.25, 0.3) is 0 Å². The van der Waals surface area contributed by atoms with E-state index in [0.29, 0.717) is 0 Å². The maximum absolute atomic E-state index is 8.74. The van der Waals surface area contributed by atoms with E-state index >= 15 is 0 Å². The molecule has 0 unspecified atom stereocenters. The summed E-state index contributed by atoms with van der Waals surface area (Å²) in [5.74, 6) is 0. The zero-order valence-electron chi connectivity index (χ0n) is 6.70. The Bertz CT molecular complexity index is 93.5. The first kappa shape index (κ1) is 124. The van der Waals surface area contributed by atoms with Crippen LogP contribution in [-0.4, -0.2) is 61.3 Å². The minimum Gasteiger partial charge on any atom is -0.412 e. The van der Waals surface area contributed by atoms with Gasteiger partial charge in [-0.3, -0.25) is 9.11 Å². The minimum atomic E-state index is -4.67. The molecule has 14 heteroatoms. The maximum atomic E-state index is 8.74. The Balaban J connectivity index is -0.00000000222. The second-order valence-corrected chi connectivity index (χ2v) is 1.34. The molecule has 1 radical (unpaired) electrons. The monoisotopic (exact) mass is 381 g/mol. The molecule has 12 nitrogen and oxygen atoms in total. The number of hydrogen-bond acceptors (Lipinski definition) is 2. The molecule has 18 N–H and O–H groups in total. The average molecular weight is 381 g/mol. The van der Waals surface area contributed by atoms with Gasteiger partial charge < -0.3 is 43.8 Å². The van der Waals surface area contributed by atoms with Gasteiger partial charge in [-0.25, -0.2) is 0 Å². The van der Waals surface area contributed by atoms with Crippen molar-refractivity contribution in [3.63, 3.8) is 0 Å². The standard InChI is InChI=1S/La.H2O4S.8H2O/c;1-5(2,3)4;;;;;;;;/h;(H2,1,2,3,4);8*1H2. The zero-order chi connectivity index (χ0) is 4.50. The smallest absolute Gasteiger partial charge is 0.394 e. The molecule has 0 heterocycles. The van der Waals surface area contributed by atoms with Crippen LogP contribution in [0.5, 0.6) is 0 Å². The summed E-state index contributed by atoms with van der Waals surface area (Å²) in [5.41, 5.74) is 0. The van der Waals surface area contributed by atoms with Gasteiger partial charge in [-0.1, -0.05) is 0 Å². The second kappa shape index (κ2) is 49.1. The predicted molar refractivity (Wildman–Crippen MR) is 43.1 cm³/mol. The molecule has 0 fully saturated rings. The van der Waals surface area contributed by atoms with Gasteiger partial charge in [0.05, 0.1) is 0 Å². The van der Waals surface area contributed by atoms with E-state index < -0.39 is 10.4 Å². The van der Waals surface area contributed by atoms with E-state index in [4.69, 9.17) is 17.5 Å². The predicted octanol–water partition coefficient (Wildman–Crippen LogP) is -7.25. The summed E-state index contributed by atoms with van der Waals surface area (Å²) in [7, 11) is -4.67. The summed E-state index contributed by atoms with van der Waals surface area (Å²) in [5, 5.41) is 0. The molecule has 99 valence electrons. The summed E-state index contributed by atoms with van der Waals surface area (Å²) < 4.78 is 31.6. The van der Waals surface area contributed by atoms with Crippen LogP contribution in [-0.2, 0) is 10.4 Å². The summed E-state index contributed by atoms with van der Waals surface area (Å²) in [6.45, 7) is 0. The second-order valence-electron chi connectivity index (χ2n) is 0.448. The minimum absolute atomic E-state index is 0. The van der Waals surface area contributed by atoms with Crippen LogP contribution in [0, 0.1) is 35.6 Å². The SMILES string of the molecule is O.O.O.O.O.O.O.O.O=S(=O)(O)O.[La]. The van der Waals surface area contributed by atoms with Crippen LogP contribution >= 0.6 is 0 Å². The normalized spacial score (nSPS) is 4.14. The van der Waals surface area contributed by atoms with E-state index in [2.05, 4.69) is 0 Å². The van der Waals surface area contributed by atoms with Crippen LogP contribution in [0.1, 0.15) is 0 Å². The van der Waals surface area contributed by atoms with Crippen molar-refractivity contribution in [1.29, 1.82) is 0 Å². The van der Waals surface area contributed by atoms with E-state index in [9.17, 15) is 0 Å². The first-order valence-corrected chi connectivity index (χ1v) is 2.10. The molecule has 14 heavy (non-hydrogen) atoms. The van der Waals surface area contributed by atoms with Crippen LogP contribution in [0.2, 0.25) is 0 Å². The van der Waals surface area contributed by atoms with Crippen molar-refractivity contribution < 1.29 is 96.9 Å². The van der Waals surface area contributed by atoms with E-state index in [1.54, 1.807) is 0 Å². The molecular formula is H18LaO12S. The fourth-order valence-electron chi connectivity index (χ4n) is 0. The Morgan fingerprint density at radius 2 is 0.571 bits per heavy atom. The largest absolute Gasteiger partial charge is 0.412 e. The van der Waals surface area contributed by atoms with Crippen LogP contribution < -0.4 is 0 Å². The summed E-state index contributed by atoms with van der Waals surface area (Å²) in [6.07, 6.45) is 0. The molecule has 0 aromatic heterocycles. The van der Waals surface area contributed by atoms with Crippen molar-refractivity contribution in [3.05, 3.63) is 0 Å². The molecule has 0 aromatic carbocycles. The molecule has 0 aromatic rings. The molecule has 0 aliphatic heterocycles. The van der Waals surface area contributed by atoms with Gasteiger partial charge in [0.2, 0.25) is 0 Å². The molecule has 0 amide bonds. The Morgan fingerprint density at radius 1 is 0.571 bits per heavy atom. The van der Waals surface area contributed by atoms with Crippen molar-refractivity contribution >= 4 is 10.4 Å². The Morgan fingerprint density at radius 3 is 0.571 bits per heavy atom. The van der Waals surface area contributed by atoms with Gasteiger partial charge in [0.25, 0.3) is 0 Å². The molecule has 0 bridgehead atoms. The number of rotatable bonds is 0. The zero-order valence-corrected chi connectivity index (χ0v) is 11.1. The first-order chi connectivity index (χ1) is 2.00. The Hall–Kier alpha value is 0.745. The van der Waals surface area contributed by atoms with E-state index in [1.165, 1.54) is 0 Å². The van der Waals surface area contributed by atoms with Gasteiger partial charge in [-0.05, 0) is 0 Å². The Labute approximate surface area is 107 Å². The van der Waals surface area contributed by atoms with Crippen LogP contribution in [0.3, 0.4) is 0 Å². The Kier molecular flexibility index (Phi) is 434.